The first kappa shape index (κ1) is 20.6. The molecule has 0 saturated heterocycles. The molecule has 0 saturated carbocycles. The maximum Gasteiger partial charge on any atom is 0.118 e. The maximum absolute atomic E-state index is 5.72. The molecule has 0 unspecified atom stereocenters. The zero-order valence-corrected chi connectivity index (χ0v) is 17.1. The van der Waals surface area contributed by atoms with Gasteiger partial charge in [0.25, 0.3) is 0 Å². The Hall–Kier alpha value is -1.45. The van der Waals surface area contributed by atoms with Crippen LogP contribution >= 0.6 is 0 Å². The van der Waals surface area contributed by atoms with Crippen LogP contribution in [0.25, 0.3) is 0 Å². The number of nitrogens with one attached hydrogen (secondary N) is 1. The Morgan fingerprint density at radius 1 is 0.958 bits per heavy atom. The Morgan fingerprint density at radius 3 is 1.96 bits per heavy atom. The lowest BCUT2D eigenvalue weighted by Crippen LogP contribution is -2.33. The van der Waals surface area contributed by atoms with Crippen molar-refractivity contribution in [3.8, 4) is 0 Å². The van der Waals surface area contributed by atoms with Crippen molar-refractivity contribution in [2.45, 2.75) is 67.2 Å². The average molecular weight is 336 g/mol. The van der Waals surface area contributed by atoms with E-state index in [0.29, 0.717) is 23.7 Å². The molecule has 1 aliphatic heterocycles. The summed E-state index contributed by atoms with van der Waals surface area (Å²) in [4.78, 5) is 9.78. The molecule has 0 amide bonds. The minimum atomic E-state index is 0.500. The number of ether oxygens (including phenoxy) is 1. The number of aromatic nitrogens is 2. The summed E-state index contributed by atoms with van der Waals surface area (Å²) in [5.41, 5.74) is 3.86. The molecule has 0 fully saturated rings. The average Bonchev–Trinajstić information content (AvgIpc) is 2.97. The van der Waals surface area contributed by atoms with E-state index in [2.05, 4.69) is 77.3 Å². The number of likely N-dealkylation sites (N-methyl/N-ethyl adjacent to an activating group) is 1. The molecule has 1 N–H and O–H groups in total. The predicted molar refractivity (Wildman–Crippen MR) is 102 cm³/mol. The number of rotatable bonds is 4. The highest BCUT2D eigenvalue weighted by Gasteiger charge is 2.22. The van der Waals surface area contributed by atoms with E-state index in [4.69, 9.17) is 4.74 Å². The smallest absolute Gasteiger partial charge is 0.118 e. The summed E-state index contributed by atoms with van der Waals surface area (Å²) < 4.78 is 5.72. The molecule has 1 aromatic heterocycles. The zero-order valence-electron chi connectivity index (χ0n) is 17.1. The highest BCUT2D eigenvalue weighted by Crippen LogP contribution is 2.27. The summed E-state index contributed by atoms with van der Waals surface area (Å²) in [7, 11) is 2.15. The van der Waals surface area contributed by atoms with E-state index in [9.17, 15) is 0 Å². The predicted octanol–water partition coefficient (Wildman–Crippen LogP) is 5.13. The molecule has 0 spiro atoms. The number of allylic oxidation sites excluding steroid dienone is 2. The molecule has 24 heavy (non-hydrogen) atoms. The third kappa shape index (κ3) is 5.29. The number of hydrogen-bond acceptors (Lipinski definition) is 3. The van der Waals surface area contributed by atoms with Crippen LogP contribution in [0.1, 0.15) is 78.6 Å². The van der Waals surface area contributed by atoms with Crippen molar-refractivity contribution in [3.63, 3.8) is 0 Å². The standard InChI is InChI=1S/C11H21NO.C9H16N2/c1-8(2)10-11(9(3)4)13-7-6-12(10)5;1-6(2)8-9(7(3)4)11-5-10-8/h8-9H,6-7H2,1-5H3;5-7H,1-4H3,(H,10,11). The normalized spacial score (nSPS) is 15.3. The molecule has 0 bridgehead atoms. The fourth-order valence-corrected chi connectivity index (χ4v) is 3.10. The molecule has 0 aliphatic carbocycles. The molecule has 1 aliphatic rings. The van der Waals surface area contributed by atoms with Gasteiger partial charge in [0.2, 0.25) is 0 Å². The van der Waals surface area contributed by atoms with Gasteiger partial charge in [-0.05, 0) is 17.8 Å². The molecule has 4 nitrogen and oxygen atoms in total. The largest absolute Gasteiger partial charge is 0.494 e. The van der Waals surface area contributed by atoms with E-state index in [0.717, 1.165) is 13.2 Å². The molecular weight excluding hydrogens is 298 g/mol. The molecule has 0 atom stereocenters. The van der Waals surface area contributed by atoms with Crippen molar-refractivity contribution in [2.24, 2.45) is 11.8 Å². The zero-order chi connectivity index (χ0) is 18.4. The fourth-order valence-electron chi connectivity index (χ4n) is 3.10. The molecule has 2 heterocycles. The van der Waals surface area contributed by atoms with Gasteiger partial charge in [0.05, 0.1) is 24.3 Å². The lowest BCUT2D eigenvalue weighted by atomic mass is 10.0. The van der Waals surface area contributed by atoms with Crippen LogP contribution in [0, 0.1) is 11.8 Å². The molecule has 0 radical (unpaired) electrons. The minimum absolute atomic E-state index is 0.500. The van der Waals surface area contributed by atoms with E-state index in [1.165, 1.54) is 22.8 Å². The monoisotopic (exact) mass is 335 g/mol. The van der Waals surface area contributed by atoms with Crippen LogP contribution in [-0.4, -0.2) is 35.1 Å². The summed E-state index contributed by atoms with van der Waals surface area (Å²) in [6, 6.07) is 0. The van der Waals surface area contributed by atoms with Crippen LogP contribution in [0.15, 0.2) is 17.8 Å². The van der Waals surface area contributed by atoms with Gasteiger partial charge in [0.15, 0.2) is 0 Å². The maximum atomic E-state index is 5.72. The second-order valence-corrected chi connectivity index (χ2v) is 7.84. The second kappa shape index (κ2) is 9.14. The van der Waals surface area contributed by atoms with Gasteiger partial charge in [0.1, 0.15) is 12.4 Å². The van der Waals surface area contributed by atoms with Crippen molar-refractivity contribution in [2.75, 3.05) is 20.2 Å². The number of imidazole rings is 1. The summed E-state index contributed by atoms with van der Waals surface area (Å²) in [5.74, 6) is 3.32. The van der Waals surface area contributed by atoms with Crippen LogP contribution < -0.4 is 0 Å². The quantitative estimate of drug-likeness (QED) is 0.829. The Bertz CT molecular complexity index is 504. The van der Waals surface area contributed by atoms with Gasteiger partial charge < -0.3 is 14.6 Å². The van der Waals surface area contributed by atoms with Crippen molar-refractivity contribution in [3.05, 3.63) is 29.2 Å². The minimum Gasteiger partial charge on any atom is -0.494 e. The van der Waals surface area contributed by atoms with Crippen LogP contribution in [-0.2, 0) is 4.74 Å². The first-order valence-corrected chi connectivity index (χ1v) is 9.27. The summed E-state index contributed by atoms with van der Waals surface area (Å²) in [5, 5.41) is 0. The van der Waals surface area contributed by atoms with E-state index in [-0.39, 0.29) is 0 Å². The number of H-pyrrole nitrogens is 1. The Morgan fingerprint density at radius 2 is 1.58 bits per heavy atom. The first-order chi connectivity index (χ1) is 11.2. The third-order valence-corrected chi connectivity index (χ3v) is 4.24. The Labute approximate surface area is 148 Å². The summed E-state index contributed by atoms with van der Waals surface area (Å²) >= 11 is 0. The molecule has 4 heteroatoms. The topological polar surface area (TPSA) is 41.1 Å². The van der Waals surface area contributed by atoms with Gasteiger partial charge in [-0.2, -0.15) is 0 Å². The van der Waals surface area contributed by atoms with Crippen molar-refractivity contribution >= 4 is 0 Å². The van der Waals surface area contributed by atoms with Crippen molar-refractivity contribution in [1.82, 2.24) is 14.9 Å². The molecule has 1 aromatic rings. The second-order valence-electron chi connectivity index (χ2n) is 7.84. The molecular formula is C20H37N3O. The Kier molecular flexibility index (Phi) is 7.85. The summed E-state index contributed by atoms with van der Waals surface area (Å²) in [6.07, 6.45) is 1.78. The highest BCUT2D eigenvalue weighted by molar-refractivity contribution is 5.17. The van der Waals surface area contributed by atoms with Crippen LogP contribution in [0.3, 0.4) is 0 Å². The van der Waals surface area contributed by atoms with Gasteiger partial charge in [-0.3, -0.25) is 0 Å². The van der Waals surface area contributed by atoms with Crippen LogP contribution in [0.5, 0.6) is 0 Å². The third-order valence-electron chi connectivity index (χ3n) is 4.24. The highest BCUT2D eigenvalue weighted by atomic mass is 16.5. The lowest BCUT2D eigenvalue weighted by Gasteiger charge is -2.34. The van der Waals surface area contributed by atoms with E-state index in [1.54, 1.807) is 6.33 Å². The summed E-state index contributed by atoms with van der Waals surface area (Å²) in [6.45, 7) is 19.4. The molecule has 138 valence electrons. The molecule has 0 aromatic carbocycles. The van der Waals surface area contributed by atoms with E-state index in [1.807, 2.05) is 0 Å². The van der Waals surface area contributed by atoms with Crippen molar-refractivity contribution in [1.29, 1.82) is 0 Å². The number of aromatic amines is 1. The number of hydrogen-bond donors (Lipinski definition) is 1. The Balaban J connectivity index is 0.000000243. The van der Waals surface area contributed by atoms with Gasteiger partial charge in [-0.15, -0.1) is 0 Å². The SMILES string of the molecule is CC(C)C1=C(C(C)C)N(C)CCO1.CC(C)c1nc[nH]c1C(C)C. The van der Waals surface area contributed by atoms with Crippen LogP contribution in [0.4, 0.5) is 0 Å². The first-order valence-electron chi connectivity index (χ1n) is 9.27. The van der Waals surface area contributed by atoms with Gasteiger partial charge >= 0.3 is 0 Å². The van der Waals surface area contributed by atoms with Gasteiger partial charge in [0, 0.05) is 18.7 Å². The lowest BCUT2D eigenvalue weighted by molar-refractivity contribution is 0.111. The number of nitrogens with zero attached hydrogens (tertiary/aromatic N) is 2. The van der Waals surface area contributed by atoms with E-state index >= 15 is 0 Å². The van der Waals surface area contributed by atoms with Crippen molar-refractivity contribution < 1.29 is 4.74 Å². The van der Waals surface area contributed by atoms with Gasteiger partial charge in [-0.25, -0.2) is 4.98 Å². The van der Waals surface area contributed by atoms with E-state index < -0.39 is 0 Å². The van der Waals surface area contributed by atoms with Crippen LogP contribution in [0.2, 0.25) is 0 Å². The van der Waals surface area contributed by atoms with Gasteiger partial charge in [-0.1, -0.05) is 55.4 Å². The fraction of sp³-hybridized carbons (Fsp3) is 0.750. The molecule has 2 rings (SSSR count).